The number of nitrogens with one attached hydrogen (secondary N) is 2. The lowest BCUT2D eigenvalue weighted by molar-refractivity contribution is -0.120. The lowest BCUT2D eigenvalue weighted by Gasteiger charge is -2.17. The second-order valence-corrected chi connectivity index (χ2v) is 4.21. The number of rotatable bonds is 6. The van der Waals surface area contributed by atoms with Gasteiger partial charge in [0.15, 0.2) is 0 Å². The van der Waals surface area contributed by atoms with Crippen LogP contribution in [0.4, 0.5) is 0 Å². The Kier molecular flexibility index (Phi) is 5.70. The Bertz CT molecular complexity index is 346. The number of aryl methyl sites for hydroxylation is 1. The molecule has 0 aliphatic rings. The Hall–Kier alpha value is -1.35. The van der Waals surface area contributed by atoms with Gasteiger partial charge in [0, 0.05) is 12.6 Å². The van der Waals surface area contributed by atoms with E-state index in [0.717, 1.165) is 6.42 Å². The molecule has 0 radical (unpaired) electrons. The van der Waals surface area contributed by atoms with Crippen molar-refractivity contribution in [1.82, 2.24) is 10.6 Å². The summed E-state index contributed by atoms with van der Waals surface area (Å²) in [5, 5.41) is 6.06. The van der Waals surface area contributed by atoms with Gasteiger partial charge in [0.2, 0.25) is 5.91 Å². The van der Waals surface area contributed by atoms with Crippen LogP contribution in [0.1, 0.15) is 37.4 Å². The first-order valence-corrected chi connectivity index (χ1v) is 6.24. The fraction of sp³-hybridized carbons (Fsp3) is 0.500. The SMILES string of the molecule is CCNC(=O)CNC(CC)c1ccc(C)cc1. The molecule has 0 bridgehead atoms. The number of hydrogen-bond donors (Lipinski definition) is 2. The summed E-state index contributed by atoms with van der Waals surface area (Å²) >= 11 is 0. The van der Waals surface area contributed by atoms with Crippen molar-refractivity contribution in [1.29, 1.82) is 0 Å². The van der Waals surface area contributed by atoms with Crippen LogP contribution in [0.25, 0.3) is 0 Å². The number of carbonyl (C=O) groups excluding carboxylic acids is 1. The topological polar surface area (TPSA) is 41.1 Å². The zero-order chi connectivity index (χ0) is 12.7. The monoisotopic (exact) mass is 234 g/mol. The molecule has 0 aliphatic carbocycles. The minimum Gasteiger partial charge on any atom is -0.355 e. The highest BCUT2D eigenvalue weighted by Crippen LogP contribution is 2.16. The van der Waals surface area contributed by atoms with Gasteiger partial charge in [-0.1, -0.05) is 36.8 Å². The molecule has 0 spiro atoms. The number of carbonyl (C=O) groups is 1. The zero-order valence-corrected chi connectivity index (χ0v) is 10.9. The van der Waals surface area contributed by atoms with Gasteiger partial charge in [-0.15, -0.1) is 0 Å². The van der Waals surface area contributed by atoms with Crippen LogP contribution in [0, 0.1) is 6.92 Å². The quantitative estimate of drug-likeness (QED) is 0.792. The van der Waals surface area contributed by atoms with Crippen LogP contribution in [0.15, 0.2) is 24.3 Å². The number of likely N-dealkylation sites (N-methyl/N-ethyl adjacent to an activating group) is 1. The standard InChI is InChI=1S/C14H22N2O/c1-4-13(16-10-14(17)15-5-2)12-8-6-11(3)7-9-12/h6-9,13,16H,4-5,10H2,1-3H3,(H,15,17). The van der Waals surface area contributed by atoms with E-state index in [1.54, 1.807) is 0 Å². The van der Waals surface area contributed by atoms with Gasteiger partial charge < -0.3 is 10.6 Å². The van der Waals surface area contributed by atoms with Gasteiger partial charge in [0.25, 0.3) is 0 Å². The third-order valence-corrected chi connectivity index (χ3v) is 2.77. The second-order valence-electron chi connectivity index (χ2n) is 4.21. The van der Waals surface area contributed by atoms with Crippen LogP contribution >= 0.6 is 0 Å². The molecule has 0 fully saturated rings. The normalized spacial score (nSPS) is 12.2. The molecule has 3 nitrogen and oxygen atoms in total. The van der Waals surface area contributed by atoms with Gasteiger partial charge in [-0.05, 0) is 25.8 Å². The highest BCUT2D eigenvalue weighted by atomic mass is 16.1. The van der Waals surface area contributed by atoms with E-state index in [-0.39, 0.29) is 11.9 Å². The van der Waals surface area contributed by atoms with Crippen molar-refractivity contribution in [3.05, 3.63) is 35.4 Å². The summed E-state index contributed by atoms with van der Waals surface area (Å²) in [6.07, 6.45) is 0.975. The molecule has 0 aliphatic heterocycles. The van der Waals surface area contributed by atoms with E-state index >= 15 is 0 Å². The Morgan fingerprint density at radius 1 is 1.24 bits per heavy atom. The molecule has 0 heterocycles. The number of hydrogen-bond acceptors (Lipinski definition) is 2. The van der Waals surface area contributed by atoms with Crippen LogP contribution < -0.4 is 10.6 Å². The lowest BCUT2D eigenvalue weighted by Crippen LogP contribution is -2.35. The predicted molar refractivity (Wildman–Crippen MR) is 70.9 cm³/mol. The van der Waals surface area contributed by atoms with Crippen molar-refractivity contribution in [2.24, 2.45) is 0 Å². The molecule has 94 valence electrons. The first kappa shape index (κ1) is 13.7. The van der Waals surface area contributed by atoms with Crippen LogP contribution in [0.3, 0.4) is 0 Å². The van der Waals surface area contributed by atoms with Crippen molar-refractivity contribution in [3.63, 3.8) is 0 Å². The second kappa shape index (κ2) is 7.07. The minimum absolute atomic E-state index is 0.0538. The van der Waals surface area contributed by atoms with Gasteiger partial charge in [-0.2, -0.15) is 0 Å². The molecule has 1 atom stereocenters. The molecule has 1 aromatic carbocycles. The van der Waals surface area contributed by atoms with E-state index in [1.165, 1.54) is 11.1 Å². The summed E-state index contributed by atoms with van der Waals surface area (Å²) in [6.45, 7) is 7.18. The third kappa shape index (κ3) is 4.57. The summed E-state index contributed by atoms with van der Waals surface area (Å²) in [5.41, 5.74) is 2.50. The van der Waals surface area contributed by atoms with Crippen LogP contribution in [0.5, 0.6) is 0 Å². The minimum atomic E-state index is 0.0538. The maximum atomic E-state index is 11.4. The Morgan fingerprint density at radius 3 is 2.41 bits per heavy atom. The molecule has 0 saturated carbocycles. The molecule has 1 aromatic rings. The van der Waals surface area contributed by atoms with Crippen LogP contribution in [0.2, 0.25) is 0 Å². The molecule has 1 rings (SSSR count). The average Bonchev–Trinajstić information content (AvgIpc) is 2.32. The molecular formula is C14H22N2O. The van der Waals surface area contributed by atoms with E-state index in [9.17, 15) is 4.79 Å². The van der Waals surface area contributed by atoms with E-state index in [0.29, 0.717) is 13.1 Å². The fourth-order valence-electron chi connectivity index (χ4n) is 1.77. The van der Waals surface area contributed by atoms with Gasteiger partial charge in [0.05, 0.1) is 6.54 Å². The molecule has 0 aromatic heterocycles. The largest absolute Gasteiger partial charge is 0.355 e. The smallest absolute Gasteiger partial charge is 0.233 e. The highest BCUT2D eigenvalue weighted by molar-refractivity contribution is 5.77. The summed E-state index contributed by atoms with van der Waals surface area (Å²) < 4.78 is 0. The summed E-state index contributed by atoms with van der Waals surface area (Å²) in [5.74, 6) is 0.0538. The maximum Gasteiger partial charge on any atom is 0.233 e. The van der Waals surface area contributed by atoms with Crippen LogP contribution in [-0.2, 0) is 4.79 Å². The van der Waals surface area contributed by atoms with E-state index in [2.05, 4.69) is 48.7 Å². The van der Waals surface area contributed by atoms with E-state index in [1.807, 2.05) is 6.92 Å². The van der Waals surface area contributed by atoms with Crippen molar-refractivity contribution in [2.45, 2.75) is 33.2 Å². The first-order chi connectivity index (χ1) is 8.17. The Labute approximate surface area is 104 Å². The highest BCUT2D eigenvalue weighted by Gasteiger charge is 2.09. The molecule has 1 unspecified atom stereocenters. The fourth-order valence-corrected chi connectivity index (χ4v) is 1.77. The van der Waals surface area contributed by atoms with Gasteiger partial charge in [-0.3, -0.25) is 4.79 Å². The number of amides is 1. The zero-order valence-electron chi connectivity index (χ0n) is 10.9. The average molecular weight is 234 g/mol. The summed E-state index contributed by atoms with van der Waals surface area (Å²) in [6, 6.07) is 8.69. The predicted octanol–water partition coefficient (Wildman–Crippen LogP) is 2.17. The lowest BCUT2D eigenvalue weighted by atomic mass is 10.0. The summed E-state index contributed by atoms with van der Waals surface area (Å²) in [7, 11) is 0. The molecule has 2 N–H and O–H groups in total. The van der Waals surface area contributed by atoms with Gasteiger partial charge >= 0.3 is 0 Å². The van der Waals surface area contributed by atoms with Gasteiger partial charge in [0.1, 0.15) is 0 Å². The van der Waals surface area contributed by atoms with Crippen molar-refractivity contribution in [2.75, 3.05) is 13.1 Å². The molecule has 1 amide bonds. The van der Waals surface area contributed by atoms with E-state index < -0.39 is 0 Å². The van der Waals surface area contributed by atoms with E-state index in [4.69, 9.17) is 0 Å². The van der Waals surface area contributed by atoms with Crippen molar-refractivity contribution < 1.29 is 4.79 Å². The van der Waals surface area contributed by atoms with Crippen molar-refractivity contribution >= 4 is 5.91 Å². The molecular weight excluding hydrogens is 212 g/mol. The molecule has 3 heteroatoms. The Morgan fingerprint density at radius 2 is 1.88 bits per heavy atom. The van der Waals surface area contributed by atoms with Gasteiger partial charge in [-0.25, -0.2) is 0 Å². The maximum absolute atomic E-state index is 11.4. The third-order valence-electron chi connectivity index (χ3n) is 2.77. The Balaban J connectivity index is 2.54. The molecule has 0 saturated heterocycles. The first-order valence-electron chi connectivity index (χ1n) is 6.24. The molecule has 17 heavy (non-hydrogen) atoms. The summed E-state index contributed by atoms with van der Waals surface area (Å²) in [4.78, 5) is 11.4. The van der Waals surface area contributed by atoms with Crippen LogP contribution in [-0.4, -0.2) is 19.0 Å². The van der Waals surface area contributed by atoms with Crippen molar-refractivity contribution in [3.8, 4) is 0 Å². The number of benzene rings is 1.